The van der Waals surface area contributed by atoms with Gasteiger partial charge in [-0.15, -0.1) is 0 Å². The van der Waals surface area contributed by atoms with E-state index in [4.69, 9.17) is 0 Å². The van der Waals surface area contributed by atoms with Crippen LogP contribution in [0.2, 0.25) is 0 Å². The second kappa shape index (κ2) is 7.05. The first-order chi connectivity index (χ1) is 13.4. The van der Waals surface area contributed by atoms with Crippen LogP contribution in [0, 0.1) is 6.92 Å². The minimum atomic E-state index is -3.80. The maximum atomic E-state index is 12.9. The number of nitrogens with one attached hydrogen (secondary N) is 1. The van der Waals surface area contributed by atoms with Gasteiger partial charge in [-0.25, -0.2) is 27.9 Å². The maximum absolute atomic E-state index is 12.9. The van der Waals surface area contributed by atoms with Crippen molar-refractivity contribution in [2.75, 3.05) is 23.2 Å². The van der Waals surface area contributed by atoms with E-state index in [1.165, 1.54) is 0 Å². The fourth-order valence-electron chi connectivity index (χ4n) is 2.94. The van der Waals surface area contributed by atoms with Crippen LogP contribution < -0.4 is 9.62 Å². The van der Waals surface area contributed by atoms with Gasteiger partial charge < -0.3 is 0 Å². The first-order valence-corrected chi connectivity index (χ1v) is 10.3. The number of para-hydroxylation sites is 2. The van der Waals surface area contributed by atoms with Crippen LogP contribution in [0.25, 0.3) is 11.0 Å². The fraction of sp³-hybridized carbons (Fsp3) is 0.150. The van der Waals surface area contributed by atoms with Gasteiger partial charge in [-0.3, -0.25) is 4.72 Å². The fourth-order valence-corrected chi connectivity index (χ4v) is 3.94. The Morgan fingerprint density at radius 3 is 2.39 bits per heavy atom. The molecule has 7 nitrogen and oxygen atoms in total. The molecule has 1 aromatic heterocycles. The van der Waals surface area contributed by atoms with E-state index in [2.05, 4.69) is 14.7 Å². The number of aromatic nitrogens is 2. The van der Waals surface area contributed by atoms with Gasteiger partial charge in [-0.2, -0.15) is 0 Å². The standard InChI is InChI=1S/C20H20N5O2S/c1-15-8-10-16(11-9-15)28(26,27)23-19-20(25-13-5-12-24(2)14-25)22-18-7-4-3-6-17(18)21-19/h3-12,14H,13H2,1-2H3,(H,21,23)/q+1. The highest BCUT2D eigenvalue weighted by Gasteiger charge is 2.25. The average Bonchev–Trinajstić information content (AvgIpc) is 2.67. The van der Waals surface area contributed by atoms with Crippen LogP contribution in [0.4, 0.5) is 11.6 Å². The van der Waals surface area contributed by atoms with Gasteiger partial charge in [0.25, 0.3) is 15.8 Å². The van der Waals surface area contributed by atoms with Crippen molar-refractivity contribution >= 4 is 39.0 Å². The molecule has 0 fully saturated rings. The van der Waals surface area contributed by atoms with Crippen LogP contribution in [0.1, 0.15) is 5.56 Å². The van der Waals surface area contributed by atoms with E-state index in [-0.39, 0.29) is 10.7 Å². The van der Waals surface area contributed by atoms with E-state index in [1.807, 2.05) is 66.3 Å². The molecule has 1 aliphatic rings. The van der Waals surface area contributed by atoms with Gasteiger partial charge in [0, 0.05) is 0 Å². The van der Waals surface area contributed by atoms with Crippen LogP contribution in [0.15, 0.2) is 65.7 Å². The Morgan fingerprint density at radius 1 is 1.04 bits per heavy atom. The third kappa shape index (κ3) is 3.59. The summed E-state index contributed by atoms with van der Waals surface area (Å²) in [4.78, 5) is 11.2. The summed E-state index contributed by atoms with van der Waals surface area (Å²) in [6.45, 7) is 2.48. The topological polar surface area (TPSA) is 78.2 Å². The van der Waals surface area contributed by atoms with Crippen molar-refractivity contribution in [3.8, 4) is 0 Å². The molecule has 0 bridgehead atoms. The number of aryl methyl sites for hydroxylation is 1. The van der Waals surface area contributed by atoms with Gasteiger partial charge >= 0.3 is 0 Å². The first-order valence-electron chi connectivity index (χ1n) is 8.79. The molecular weight excluding hydrogens is 374 g/mol. The second-order valence-corrected chi connectivity index (χ2v) is 8.30. The highest BCUT2D eigenvalue weighted by atomic mass is 32.2. The Labute approximate surface area is 163 Å². The Bertz CT molecular complexity index is 1200. The molecule has 28 heavy (non-hydrogen) atoms. The summed E-state index contributed by atoms with van der Waals surface area (Å²) in [6, 6.07) is 14.1. The molecule has 0 spiro atoms. The smallest absolute Gasteiger partial charge is 0.258 e. The molecule has 0 saturated heterocycles. The summed E-state index contributed by atoms with van der Waals surface area (Å²) in [5.41, 5.74) is 2.30. The van der Waals surface area contributed by atoms with Gasteiger partial charge in [-0.05, 0) is 37.3 Å². The number of rotatable bonds is 4. The zero-order chi connectivity index (χ0) is 19.7. The quantitative estimate of drug-likeness (QED) is 0.689. The molecular formula is C20H20N5O2S+. The number of hydrogen-bond donors (Lipinski definition) is 1. The van der Waals surface area contributed by atoms with Gasteiger partial charge in [-0.1, -0.05) is 29.8 Å². The van der Waals surface area contributed by atoms with Gasteiger partial charge in [0.05, 0.1) is 29.2 Å². The van der Waals surface area contributed by atoms with E-state index in [9.17, 15) is 8.42 Å². The van der Waals surface area contributed by atoms with Gasteiger partial charge in [0.2, 0.25) is 12.2 Å². The molecule has 3 aromatic rings. The van der Waals surface area contributed by atoms with E-state index < -0.39 is 10.0 Å². The minimum absolute atomic E-state index is 0.179. The second-order valence-electron chi connectivity index (χ2n) is 6.62. The predicted octanol–water partition coefficient (Wildman–Crippen LogP) is 2.74. The third-order valence-electron chi connectivity index (χ3n) is 4.35. The van der Waals surface area contributed by atoms with Crippen molar-refractivity contribution in [2.24, 2.45) is 0 Å². The first kappa shape index (κ1) is 18.1. The molecule has 2 aromatic carbocycles. The van der Waals surface area contributed by atoms with Crippen LogP contribution in [-0.2, 0) is 10.0 Å². The maximum Gasteiger partial charge on any atom is 0.265 e. The third-order valence-corrected chi connectivity index (χ3v) is 5.71. The van der Waals surface area contributed by atoms with Crippen LogP contribution >= 0.6 is 0 Å². The van der Waals surface area contributed by atoms with E-state index in [0.29, 0.717) is 23.4 Å². The Balaban J connectivity index is 1.81. The molecule has 0 atom stereocenters. The number of hydrogen-bond acceptors (Lipinski definition) is 5. The monoisotopic (exact) mass is 394 g/mol. The summed E-state index contributed by atoms with van der Waals surface area (Å²) < 4.78 is 30.3. The lowest BCUT2D eigenvalue weighted by Crippen LogP contribution is -2.31. The summed E-state index contributed by atoms with van der Waals surface area (Å²) in [7, 11) is -1.90. The van der Waals surface area contributed by atoms with Crippen LogP contribution in [-0.4, -0.2) is 42.9 Å². The molecule has 0 unspecified atom stereocenters. The molecule has 1 aliphatic heterocycles. The average molecular weight is 394 g/mol. The van der Waals surface area contributed by atoms with E-state index >= 15 is 0 Å². The van der Waals surface area contributed by atoms with Crippen molar-refractivity contribution in [1.82, 2.24) is 9.97 Å². The van der Waals surface area contributed by atoms with E-state index in [1.54, 1.807) is 24.3 Å². The van der Waals surface area contributed by atoms with Crippen molar-refractivity contribution in [1.29, 1.82) is 0 Å². The Kier molecular flexibility index (Phi) is 4.56. The number of anilines is 2. The molecule has 0 aliphatic carbocycles. The number of sulfonamides is 1. The van der Waals surface area contributed by atoms with Gasteiger partial charge in [0.1, 0.15) is 6.54 Å². The molecule has 2 heterocycles. The number of benzene rings is 2. The zero-order valence-corrected chi connectivity index (χ0v) is 16.4. The molecule has 1 N–H and O–H groups in total. The lowest BCUT2D eigenvalue weighted by molar-refractivity contribution is -0.419. The predicted molar refractivity (Wildman–Crippen MR) is 110 cm³/mol. The molecule has 0 radical (unpaired) electrons. The van der Waals surface area contributed by atoms with Gasteiger partial charge in [0.15, 0.2) is 0 Å². The summed E-state index contributed by atoms with van der Waals surface area (Å²) >= 11 is 0. The Hall–Kier alpha value is -3.26. The van der Waals surface area contributed by atoms with Crippen LogP contribution in [0.3, 0.4) is 0 Å². The van der Waals surface area contributed by atoms with E-state index in [0.717, 1.165) is 5.56 Å². The molecule has 4 rings (SSSR count). The van der Waals surface area contributed by atoms with Crippen molar-refractivity contribution < 1.29 is 13.0 Å². The zero-order valence-electron chi connectivity index (χ0n) is 15.6. The lowest BCUT2D eigenvalue weighted by Gasteiger charge is -2.17. The SMILES string of the molecule is Cc1ccc(S(=O)(=O)Nc2nc3ccccc3nc2N2C=[N+](C)C=CC2)cc1. The normalized spacial score (nSPS) is 14.2. The molecule has 0 saturated carbocycles. The lowest BCUT2D eigenvalue weighted by atomic mass is 10.2. The van der Waals surface area contributed by atoms with Crippen molar-refractivity contribution in [3.05, 3.63) is 66.4 Å². The Morgan fingerprint density at radius 2 is 1.71 bits per heavy atom. The molecule has 0 amide bonds. The summed E-state index contributed by atoms with van der Waals surface area (Å²) in [5.74, 6) is 0.643. The van der Waals surface area contributed by atoms with Crippen LogP contribution in [0.5, 0.6) is 0 Å². The summed E-state index contributed by atoms with van der Waals surface area (Å²) in [6.07, 6.45) is 5.75. The number of fused-ring (bicyclic) bond motifs is 1. The number of nitrogens with zero attached hydrogens (tertiary/aromatic N) is 4. The highest BCUT2D eigenvalue weighted by molar-refractivity contribution is 7.92. The molecule has 142 valence electrons. The van der Waals surface area contributed by atoms with Crippen molar-refractivity contribution in [3.63, 3.8) is 0 Å². The van der Waals surface area contributed by atoms with Crippen molar-refractivity contribution in [2.45, 2.75) is 11.8 Å². The largest absolute Gasteiger partial charge is 0.265 e. The highest BCUT2D eigenvalue weighted by Crippen LogP contribution is 2.27. The minimum Gasteiger partial charge on any atom is -0.258 e. The summed E-state index contributed by atoms with van der Waals surface area (Å²) in [5, 5.41) is 0. The molecule has 8 heteroatoms.